The number of amides is 2. The number of methoxy groups -OCH3 is 1. The van der Waals surface area contributed by atoms with Crippen LogP contribution in [0.4, 0.5) is 0 Å². The van der Waals surface area contributed by atoms with Gasteiger partial charge in [-0.15, -0.1) is 0 Å². The molecular formula is C14H22N6O4. The molecule has 132 valence electrons. The molecule has 1 atom stereocenters. The van der Waals surface area contributed by atoms with E-state index < -0.39 is 23.8 Å². The molecule has 0 saturated carbocycles. The number of unbranched alkanes of at least 4 members (excludes halogenated alkanes) is 1. The number of guanidine groups is 1. The maximum atomic E-state index is 12.2. The number of aromatic amines is 1. The summed E-state index contributed by atoms with van der Waals surface area (Å²) in [5.74, 6) is -2.20. The third kappa shape index (κ3) is 5.72. The van der Waals surface area contributed by atoms with Crippen LogP contribution in [-0.2, 0) is 9.53 Å². The van der Waals surface area contributed by atoms with E-state index in [4.69, 9.17) is 17.2 Å². The van der Waals surface area contributed by atoms with Gasteiger partial charge in [0.15, 0.2) is 5.96 Å². The van der Waals surface area contributed by atoms with Gasteiger partial charge in [0.05, 0.1) is 7.11 Å². The molecule has 0 spiro atoms. The van der Waals surface area contributed by atoms with E-state index in [1.54, 1.807) is 0 Å². The molecule has 0 fully saturated rings. The van der Waals surface area contributed by atoms with Crippen LogP contribution >= 0.6 is 0 Å². The molecule has 1 heterocycles. The summed E-state index contributed by atoms with van der Waals surface area (Å²) in [6, 6.07) is 1.96. The molecule has 1 aromatic heterocycles. The van der Waals surface area contributed by atoms with Crippen LogP contribution in [0.1, 0.15) is 40.2 Å². The quantitative estimate of drug-likeness (QED) is 0.171. The average molecular weight is 338 g/mol. The maximum absolute atomic E-state index is 12.2. The van der Waals surface area contributed by atoms with Crippen LogP contribution in [0.3, 0.4) is 0 Å². The topological polar surface area (TPSA) is 179 Å². The minimum absolute atomic E-state index is 0.0475. The number of hydrogen-bond donors (Lipinski definition) is 5. The molecule has 8 N–H and O–H groups in total. The van der Waals surface area contributed by atoms with Crippen LogP contribution in [0.25, 0.3) is 0 Å². The van der Waals surface area contributed by atoms with Crippen molar-refractivity contribution in [3.63, 3.8) is 0 Å². The van der Waals surface area contributed by atoms with Crippen molar-refractivity contribution in [3.05, 3.63) is 23.5 Å². The molecule has 0 unspecified atom stereocenters. The van der Waals surface area contributed by atoms with E-state index in [0.29, 0.717) is 19.4 Å². The standard InChI is InChI=1S/C14H22N6O4/c1-24-13(23)10(4-2-3-7-15)19-11(21)8-5-6-9(18-8)12(22)20-14(16)17/h5-6,10,18H,2-4,7,15H2,1H3,(H,19,21)(H4,16,17,20,22)/t10-/m0/s1. The fraction of sp³-hybridized carbons (Fsp3) is 0.429. The molecule has 10 heteroatoms. The monoisotopic (exact) mass is 338 g/mol. The summed E-state index contributed by atoms with van der Waals surface area (Å²) in [4.78, 5) is 41.5. The SMILES string of the molecule is COC(=O)[C@H](CCCCN)NC(=O)c1ccc(C(=O)N=C(N)N)[nH]1. The van der Waals surface area contributed by atoms with Crippen molar-refractivity contribution < 1.29 is 19.1 Å². The minimum Gasteiger partial charge on any atom is -0.467 e. The predicted octanol–water partition coefficient (Wildman–Crippen LogP) is -1.17. The van der Waals surface area contributed by atoms with Crippen molar-refractivity contribution in [2.24, 2.45) is 22.2 Å². The molecule has 10 nitrogen and oxygen atoms in total. The molecule has 1 aromatic rings. The van der Waals surface area contributed by atoms with Crippen LogP contribution in [-0.4, -0.2) is 48.4 Å². The highest BCUT2D eigenvalue weighted by molar-refractivity contribution is 6.02. The molecule has 24 heavy (non-hydrogen) atoms. The number of carbonyl (C=O) groups is 3. The summed E-state index contributed by atoms with van der Waals surface area (Å²) in [6.45, 7) is 0.495. The third-order valence-corrected chi connectivity index (χ3v) is 3.13. The Morgan fingerprint density at radius 3 is 2.50 bits per heavy atom. The molecule has 0 aromatic carbocycles. The van der Waals surface area contributed by atoms with Crippen molar-refractivity contribution in [3.8, 4) is 0 Å². The molecular weight excluding hydrogens is 316 g/mol. The Hall–Kier alpha value is -2.88. The van der Waals surface area contributed by atoms with Gasteiger partial charge in [-0.1, -0.05) is 0 Å². The van der Waals surface area contributed by atoms with E-state index in [2.05, 4.69) is 20.0 Å². The fourth-order valence-electron chi connectivity index (χ4n) is 1.95. The molecule has 2 amide bonds. The van der Waals surface area contributed by atoms with Crippen LogP contribution in [0.15, 0.2) is 17.1 Å². The Morgan fingerprint density at radius 2 is 1.92 bits per heavy atom. The van der Waals surface area contributed by atoms with Gasteiger partial charge in [-0.05, 0) is 37.9 Å². The number of carbonyl (C=O) groups excluding carboxylic acids is 3. The number of aromatic nitrogens is 1. The zero-order valence-corrected chi connectivity index (χ0v) is 13.4. The van der Waals surface area contributed by atoms with Crippen LogP contribution in [0, 0.1) is 0 Å². The van der Waals surface area contributed by atoms with Crippen LogP contribution in [0.2, 0.25) is 0 Å². The lowest BCUT2D eigenvalue weighted by atomic mass is 10.1. The Kier molecular flexibility index (Phi) is 7.43. The normalized spacial score (nSPS) is 11.4. The van der Waals surface area contributed by atoms with Crippen molar-refractivity contribution in [1.29, 1.82) is 0 Å². The number of H-pyrrole nitrogens is 1. The Bertz CT molecular complexity index is 621. The third-order valence-electron chi connectivity index (χ3n) is 3.13. The highest BCUT2D eigenvalue weighted by atomic mass is 16.5. The fourth-order valence-corrected chi connectivity index (χ4v) is 1.95. The number of esters is 1. The second kappa shape index (κ2) is 9.30. The van der Waals surface area contributed by atoms with Crippen LogP contribution < -0.4 is 22.5 Å². The van der Waals surface area contributed by atoms with E-state index in [9.17, 15) is 14.4 Å². The summed E-state index contributed by atoms with van der Waals surface area (Å²) in [7, 11) is 1.24. The van der Waals surface area contributed by atoms with Gasteiger partial charge in [0.2, 0.25) is 0 Å². The summed E-state index contributed by atoms with van der Waals surface area (Å²) < 4.78 is 4.67. The van der Waals surface area contributed by atoms with Crippen molar-refractivity contribution in [1.82, 2.24) is 10.3 Å². The van der Waals surface area contributed by atoms with Crippen molar-refractivity contribution in [2.75, 3.05) is 13.7 Å². The van der Waals surface area contributed by atoms with E-state index in [-0.39, 0.29) is 17.3 Å². The summed E-state index contributed by atoms with van der Waals surface area (Å²) in [6.07, 6.45) is 1.79. The molecule has 0 saturated heterocycles. The van der Waals surface area contributed by atoms with Gasteiger partial charge >= 0.3 is 5.97 Å². The largest absolute Gasteiger partial charge is 0.467 e. The number of ether oxygens (including phenoxy) is 1. The average Bonchev–Trinajstić information content (AvgIpc) is 3.02. The Morgan fingerprint density at radius 1 is 1.25 bits per heavy atom. The zero-order chi connectivity index (χ0) is 18.1. The highest BCUT2D eigenvalue weighted by Crippen LogP contribution is 2.07. The first-order chi connectivity index (χ1) is 11.4. The lowest BCUT2D eigenvalue weighted by molar-refractivity contribution is -0.143. The van der Waals surface area contributed by atoms with Gasteiger partial charge in [0, 0.05) is 0 Å². The van der Waals surface area contributed by atoms with Gasteiger partial charge in [0.1, 0.15) is 17.4 Å². The lowest BCUT2D eigenvalue weighted by Gasteiger charge is -2.15. The minimum atomic E-state index is -0.797. The molecule has 0 aliphatic heterocycles. The number of nitrogens with zero attached hydrogens (tertiary/aromatic N) is 1. The first-order valence-electron chi connectivity index (χ1n) is 7.30. The number of rotatable bonds is 8. The van der Waals surface area contributed by atoms with E-state index in [0.717, 1.165) is 6.42 Å². The highest BCUT2D eigenvalue weighted by Gasteiger charge is 2.22. The van der Waals surface area contributed by atoms with E-state index >= 15 is 0 Å². The Labute approximate surface area is 138 Å². The molecule has 0 bridgehead atoms. The Balaban J connectivity index is 2.77. The molecule has 0 aliphatic rings. The lowest BCUT2D eigenvalue weighted by Crippen LogP contribution is -2.41. The van der Waals surface area contributed by atoms with Gasteiger partial charge < -0.3 is 32.2 Å². The summed E-state index contributed by atoms with van der Waals surface area (Å²) >= 11 is 0. The predicted molar refractivity (Wildman–Crippen MR) is 87.1 cm³/mol. The van der Waals surface area contributed by atoms with Crippen LogP contribution in [0.5, 0.6) is 0 Å². The second-order valence-electron chi connectivity index (χ2n) is 4.96. The van der Waals surface area contributed by atoms with Gasteiger partial charge in [0.25, 0.3) is 11.8 Å². The first-order valence-corrected chi connectivity index (χ1v) is 7.30. The summed E-state index contributed by atoms with van der Waals surface area (Å²) in [5.41, 5.74) is 15.8. The van der Waals surface area contributed by atoms with Gasteiger partial charge in [-0.25, -0.2) is 4.79 Å². The zero-order valence-electron chi connectivity index (χ0n) is 13.4. The number of nitrogens with one attached hydrogen (secondary N) is 2. The van der Waals surface area contributed by atoms with Crippen molar-refractivity contribution >= 4 is 23.7 Å². The van der Waals surface area contributed by atoms with Gasteiger partial charge in [-0.2, -0.15) is 4.99 Å². The van der Waals surface area contributed by atoms with E-state index in [1.807, 2.05) is 0 Å². The smallest absolute Gasteiger partial charge is 0.328 e. The maximum Gasteiger partial charge on any atom is 0.328 e. The summed E-state index contributed by atoms with van der Waals surface area (Å²) in [5, 5.41) is 2.55. The molecule has 0 aliphatic carbocycles. The van der Waals surface area contributed by atoms with Crippen molar-refractivity contribution in [2.45, 2.75) is 25.3 Å². The first kappa shape index (κ1) is 19.2. The number of hydrogen-bond acceptors (Lipinski definition) is 5. The molecule has 1 rings (SSSR count). The molecule has 0 radical (unpaired) electrons. The van der Waals surface area contributed by atoms with E-state index in [1.165, 1.54) is 19.2 Å². The second-order valence-corrected chi connectivity index (χ2v) is 4.96. The number of nitrogens with two attached hydrogens (primary N) is 3. The van der Waals surface area contributed by atoms with Gasteiger partial charge in [-0.3, -0.25) is 9.59 Å². The number of aliphatic imine (C=N–C) groups is 1.